The molecule has 38 heavy (non-hydrogen) atoms. The minimum absolute atomic E-state index is 0.0134. The standard InChI is InChI=1S/C30H44N4O4/c1-2-37-23-30(36)33-18-17-32-29(35)11-6-16-31-19-20-38-28-14-12-24(13-15-28)22-34-27-10-5-9-25-7-3-4-8-26(25)21-27/h3-4,7-8,12-15,27,31,34H,2,5-6,9-11,16-23H2,1H3,(H,32,35)(H,33,36). The molecule has 1 unspecified atom stereocenters. The minimum Gasteiger partial charge on any atom is -0.492 e. The summed E-state index contributed by atoms with van der Waals surface area (Å²) < 4.78 is 10.9. The molecule has 8 nitrogen and oxygen atoms in total. The van der Waals surface area contributed by atoms with E-state index < -0.39 is 0 Å². The van der Waals surface area contributed by atoms with E-state index in [0.29, 0.717) is 38.8 Å². The first-order valence-corrected chi connectivity index (χ1v) is 14.0. The molecule has 3 rings (SSSR count). The van der Waals surface area contributed by atoms with Crippen molar-refractivity contribution >= 4 is 11.8 Å². The van der Waals surface area contributed by atoms with Crippen LogP contribution in [0.5, 0.6) is 5.75 Å². The summed E-state index contributed by atoms with van der Waals surface area (Å²) in [4.78, 5) is 23.3. The Labute approximate surface area is 227 Å². The lowest BCUT2D eigenvalue weighted by Gasteiger charge is -2.17. The Bertz CT molecular complexity index is 967. The highest BCUT2D eigenvalue weighted by molar-refractivity contribution is 5.77. The number of aryl methyl sites for hydroxylation is 1. The number of nitrogens with one attached hydrogen (secondary N) is 4. The van der Waals surface area contributed by atoms with E-state index in [0.717, 1.165) is 38.2 Å². The number of carbonyl (C=O) groups excluding carboxylic acids is 2. The number of hydrogen-bond donors (Lipinski definition) is 4. The lowest BCUT2D eigenvalue weighted by atomic mass is 10.0. The van der Waals surface area contributed by atoms with Crippen molar-refractivity contribution in [3.8, 4) is 5.75 Å². The summed E-state index contributed by atoms with van der Waals surface area (Å²) in [6, 6.07) is 17.7. The molecule has 0 radical (unpaired) electrons. The smallest absolute Gasteiger partial charge is 0.246 e. The molecular formula is C30H44N4O4. The summed E-state index contributed by atoms with van der Waals surface area (Å²) in [5.74, 6) is 0.685. The molecule has 0 saturated heterocycles. The van der Waals surface area contributed by atoms with Crippen molar-refractivity contribution in [1.82, 2.24) is 21.3 Å². The molecule has 4 N–H and O–H groups in total. The number of amides is 2. The monoisotopic (exact) mass is 524 g/mol. The van der Waals surface area contributed by atoms with E-state index in [1.807, 2.05) is 19.1 Å². The van der Waals surface area contributed by atoms with E-state index in [9.17, 15) is 9.59 Å². The van der Waals surface area contributed by atoms with Gasteiger partial charge in [-0.3, -0.25) is 9.59 Å². The quantitative estimate of drug-likeness (QED) is 0.188. The van der Waals surface area contributed by atoms with Crippen molar-refractivity contribution in [2.75, 3.05) is 46.0 Å². The summed E-state index contributed by atoms with van der Waals surface area (Å²) in [5.41, 5.74) is 4.25. The maximum atomic E-state index is 11.9. The van der Waals surface area contributed by atoms with Crippen LogP contribution in [0.2, 0.25) is 0 Å². The average molecular weight is 525 g/mol. The van der Waals surface area contributed by atoms with Crippen molar-refractivity contribution < 1.29 is 19.1 Å². The second-order valence-corrected chi connectivity index (χ2v) is 9.63. The lowest BCUT2D eigenvalue weighted by Crippen LogP contribution is -2.36. The fourth-order valence-corrected chi connectivity index (χ4v) is 4.52. The van der Waals surface area contributed by atoms with E-state index >= 15 is 0 Å². The summed E-state index contributed by atoms with van der Waals surface area (Å²) in [7, 11) is 0. The summed E-state index contributed by atoms with van der Waals surface area (Å²) >= 11 is 0. The van der Waals surface area contributed by atoms with Crippen LogP contribution in [0, 0.1) is 0 Å². The van der Waals surface area contributed by atoms with Gasteiger partial charge >= 0.3 is 0 Å². The topological polar surface area (TPSA) is 101 Å². The molecule has 8 heteroatoms. The number of rotatable bonds is 17. The summed E-state index contributed by atoms with van der Waals surface area (Å²) in [6.45, 7) is 6.13. The van der Waals surface area contributed by atoms with Gasteiger partial charge in [-0.25, -0.2) is 0 Å². The van der Waals surface area contributed by atoms with Gasteiger partial charge in [-0.2, -0.15) is 0 Å². The van der Waals surface area contributed by atoms with Crippen LogP contribution in [0.25, 0.3) is 0 Å². The van der Waals surface area contributed by atoms with Crippen LogP contribution < -0.4 is 26.0 Å². The van der Waals surface area contributed by atoms with E-state index in [2.05, 4.69) is 57.7 Å². The average Bonchev–Trinajstić information content (AvgIpc) is 3.15. The fourth-order valence-electron chi connectivity index (χ4n) is 4.52. The molecule has 208 valence electrons. The van der Waals surface area contributed by atoms with Gasteiger partial charge in [0.25, 0.3) is 0 Å². The number of hydrogen-bond acceptors (Lipinski definition) is 6. The van der Waals surface area contributed by atoms with Crippen LogP contribution in [-0.2, 0) is 33.7 Å². The van der Waals surface area contributed by atoms with Crippen LogP contribution in [-0.4, -0.2) is 63.9 Å². The van der Waals surface area contributed by atoms with Gasteiger partial charge in [0.1, 0.15) is 19.0 Å². The molecule has 0 spiro atoms. The Morgan fingerprint density at radius 2 is 1.68 bits per heavy atom. The molecular weight excluding hydrogens is 480 g/mol. The molecule has 0 saturated carbocycles. The SMILES string of the molecule is CCOCC(=O)NCCNC(=O)CCCNCCOc1ccc(CNC2CCCc3ccccc3C2)cc1. The van der Waals surface area contributed by atoms with Crippen LogP contribution in [0.15, 0.2) is 48.5 Å². The van der Waals surface area contributed by atoms with Gasteiger partial charge in [0, 0.05) is 45.2 Å². The molecule has 1 aliphatic carbocycles. The van der Waals surface area contributed by atoms with E-state index in [1.165, 1.54) is 36.0 Å². The molecule has 0 heterocycles. The molecule has 2 aromatic carbocycles. The highest BCUT2D eigenvalue weighted by Crippen LogP contribution is 2.21. The molecule has 0 aromatic heterocycles. The van der Waals surface area contributed by atoms with E-state index in [1.54, 1.807) is 0 Å². The zero-order chi connectivity index (χ0) is 26.8. The molecule has 0 bridgehead atoms. The molecule has 2 amide bonds. The fraction of sp³-hybridized carbons (Fsp3) is 0.533. The van der Waals surface area contributed by atoms with Gasteiger partial charge in [0.05, 0.1) is 0 Å². The van der Waals surface area contributed by atoms with Gasteiger partial charge in [0.2, 0.25) is 11.8 Å². The van der Waals surface area contributed by atoms with Crippen molar-refractivity contribution in [3.05, 3.63) is 65.2 Å². The maximum absolute atomic E-state index is 11.9. The first-order chi connectivity index (χ1) is 18.6. The number of carbonyl (C=O) groups is 2. The van der Waals surface area contributed by atoms with Crippen molar-refractivity contribution in [2.24, 2.45) is 0 Å². The van der Waals surface area contributed by atoms with Gasteiger partial charge in [-0.1, -0.05) is 36.4 Å². The highest BCUT2D eigenvalue weighted by atomic mass is 16.5. The zero-order valence-electron chi connectivity index (χ0n) is 22.7. The minimum atomic E-state index is -0.169. The summed E-state index contributed by atoms with van der Waals surface area (Å²) in [5, 5.41) is 12.6. The Morgan fingerprint density at radius 1 is 0.921 bits per heavy atom. The van der Waals surface area contributed by atoms with Gasteiger partial charge in [0.15, 0.2) is 0 Å². The molecule has 1 atom stereocenters. The largest absolute Gasteiger partial charge is 0.492 e. The van der Waals surface area contributed by atoms with Crippen molar-refractivity contribution in [3.63, 3.8) is 0 Å². The molecule has 0 fully saturated rings. The second-order valence-electron chi connectivity index (χ2n) is 9.63. The maximum Gasteiger partial charge on any atom is 0.246 e. The predicted molar refractivity (Wildman–Crippen MR) is 150 cm³/mol. The first kappa shape index (κ1) is 29.6. The zero-order valence-corrected chi connectivity index (χ0v) is 22.7. The van der Waals surface area contributed by atoms with Crippen molar-refractivity contribution in [2.45, 2.75) is 58.0 Å². The molecule has 2 aromatic rings. The Kier molecular flexibility index (Phi) is 13.7. The highest BCUT2D eigenvalue weighted by Gasteiger charge is 2.15. The Morgan fingerprint density at radius 3 is 2.47 bits per heavy atom. The Hall–Kier alpha value is -2.94. The third-order valence-electron chi connectivity index (χ3n) is 6.61. The first-order valence-electron chi connectivity index (χ1n) is 14.0. The van der Waals surface area contributed by atoms with Gasteiger partial charge in [-0.05, 0) is 74.4 Å². The molecule has 0 aliphatic heterocycles. The Balaban J connectivity index is 1.19. The summed E-state index contributed by atoms with van der Waals surface area (Å²) in [6.07, 6.45) is 5.93. The van der Waals surface area contributed by atoms with Gasteiger partial charge < -0.3 is 30.7 Å². The second kappa shape index (κ2) is 17.5. The van der Waals surface area contributed by atoms with Crippen LogP contribution >= 0.6 is 0 Å². The van der Waals surface area contributed by atoms with Crippen LogP contribution in [0.1, 0.15) is 49.3 Å². The van der Waals surface area contributed by atoms with E-state index in [-0.39, 0.29) is 18.4 Å². The number of benzene rings is 2. The van der Waals surface area contributed by atoms with Gasteiger partial charge in [-0.15, -0.1) is 0 Å². The molecule has 1 aliphatic rings. The van der Waals surface area contributed by atoms with Crippen LogP contribution in [0.3, 0.4) is 0 Å². The van der Waals surface area contributed by atoms with Crippen molar-refractivity contribution in [1.29, 1.82) is 0 Å². The van der Waals surface area contributed by atoms with E-state index in [4.69, 9.17) is 9.47 Å². The normalized spacial score (nSPS) is 14.8. The number of ether oxygens (including phenoxy) is 2. The third kappa shape index (κ3) is 11.6. The number of fused-ring (bicyclic) bond motifs is 1. The van der Waals surface area contributed by atoms with Crippen LogP contribution in [0.4, 0.5) is 0 Å². The predicted octanol–water partition coefficient (Wildman–Crippen LogP) is 2.74. The lowest BCUT2D eigenvalue weighted by molar-refractivity contribution is -0.126. The third-order valence-corrected chi connectivity index (χ3v) is 6.61.